The van der Waals surface area contributed by atoms with E-state index in [1.807, 2.05) is 13.0 Å². The van der Waals surface area contributed by atoms with Gasteiger partial charge in [0, 0.05) is 13.0 Å². The van der Waals surface area contributed by atoms with E-state index in [1.165, 1.54) is 6.92 Å². The Hall–Kier alpha value is -1.75. The first kappa shape index (κ1) is 21.3. The summed E-state index contributed by atoms with van der Waals surface area (Å²) in [5.41, 5.74) is -0.450. The minimum absolute atomic E-state index is 0.186. The van der Waals surface area contributed by atoms with Crippen molar-refractivity contribution in [1.82, 2.24) is 10.3 Å². The number of aromatic nitrogens is 1. The molecule has 0 bridgehead atoms. The zero-order chi connectivity index (χ0) is 19.4. The molecule has 3 N–H and O–H groups in total. The zero-order valence-corrected chi connectivity index (χ0v) is 14.8. The third kappa shape index (κ3) is 6.94. The van der Waals surface area contributed by atoms with Crippen molar-refractivity contribution < 1.29 is 32.3 Å². The lowest BCUT2D eigenvalue weighted by molar-refractivity contribution is -0.192. The van der Waals surface area contributed by atoms with Crippen LogP contribution in [0.15, 0.2) is 16.7 Å². The summed E-state index contributed by atoms with van der Waals surface area (Å²) in [6.07, 6.45) is -4.90. The molecule has 1 aromatic heterocycles. The molecule has 25 heavy (non-hydrogen) atoms. The van der Waals surface area contributed by atoms with Gasteiger partial charge in [-0.15, -0.1) is 0 Å². The highest BCUT2D eigenvalue weighted by Crippen LogP contribution is 2.24. The van der Waals surface area contributed by atoms with Gasteiger partial charge in [-0.25, -0.2) is 14.2 Å². The summed E-state index contributed by atoms with van der Waals surface area (Å²) in [6, 6.07) is 3.16. The van der Waals surface area contributed by atoms with E-state index in [2.05, 4.69) is 31.5 Å². The molecule has 1 aliphatic rings. The van der Waals surface area contributed by atoms with Crippen LogP contribution >= 0.6 is 15.9 Å². The zero-order valence-electron chi connectivity index (χ0n) is 13.2. The van der Waals surface area contributed by atoms with Crippen molar-refractivity contribution >= 4 is 33.6 Å². The number of hydrogen-bond acceptors (Lipinski definition) is 4. The van der Waals surface area contributed by atoms with Gasteiger partial charge in [-0.3, -0.25) is 4.79 Å². The Morgan fingerprint density at radius 1 is 1.44 bits per heavy atom. The Labute approximate surface area is 149 Å². The number of pyridine rings is 1. The van der Waals surface area contributed by atoms with Gasteiger partial charge in [0.25, 0.3) is 0 Å². The lowest BCUT2D eigenvalue weighted by Gasteiger charge is -2.13. The van der Waals surface area contributed by atoms with Crippen molar-refractivity contribution in [3.8, 4) is 0 Å². The van der Waals surface area contributed by atoms with Gasteiger partial charge in [0.15, 0.2) is 0 Å². The van der Waals surface area contributed by atoms with Gasteiger partial charge >= 0.3 is 12.1 Å². The molecule has 0 spiro atoms. The fraction of sp³-hybridized carbons (Fsp3) is 0.500. The number of amides is 1. The van der Waals surface area contributed by atoms with Gasteiger partial charge in [0.05, 0.1) is 6.04 Å². The summed E-state index contributed by atoms with van der Waals surface area (Å²) >= 11 is 3.25. The number of nitrogens with one attached hydrogen (secondary N) is 2. The largest absolute Gasteiger partial charge is 0.490 e. The number of aryl methyl sites for hydroxylation is 1. The maximum absolute atomic E-state index is 13.6. The van der Waals surface area contributed by atoms with E-state index in [1.54, 1.807) is 6.07 Å². The number of carboxylic acids is 1. The topological polar surface area (TPSA) is 91.3 Å². The lowest BCUT2D eigenvalue weighted by Crippen LogP contribution is -2.35. The summed E-state index contributed by atoms with van der Waals surface area (Å²) < 4.78 is 46.0. The number of alkyl halides is 4. The number of anilines is 1. The van der Waals surface area contributed by atoms with Gasteiger partial charge in [0.2, 0.25) is 5.91 Å². The van der Waals surface area contributed by atoms with Crippen LogP contribution < -0.4 is 10.6 Å². The summed E-state index contributed by atoms with van der Waals surface area (Å²) in [4.78, 5) is 25.0. The van der Waals surface area contributed by atoms with Crippen molar-refractivity contribution in [2.24, 2.45) is 0 Å². The summed E-state index contributed by atoms with van der Waals surface area (Å²) in [7, 11) is 0. The highest BCUT2D eigenvalue weighted by Gasteiger charge is 2.39. The SMILES string of the molecule is Cc1ccc(Br)nc1NC(=O)[C@@H]1C[C@@](C)(F)CN1.O=C(O)C(F)(F)F. The van der Waals surface area contributed by atoms with E-state index in [4.69, 9.17) is 9.90 Å². The highest BCUT2D eigenvalue weighted by molar-refractivity contribution is 9.10. The van der Waals surface area contributed by atoms with Crippen LogP contribution in [0.2, 0.25) is 0 Å². The van der Waals surface area contributed by atoms with E-state index in [-0.39, 0.29) is 18.9 Å². The molecular formula is C14H16BrF4N3O3. The van der Waals surface area contributed by atoms with Crippen LogP contribution in [0, 0.1) is 6.92 Å². The number of nitrogens with zero attached hydrogens (tertiary/aromatic N) is 1. The summed E-state index contributed by atoms with van der Waals surface area (Å²) in [6.45, 7) is 3.56. The minimum atomic E-state index is -5.08. The molecule has 1 aliphatic heterocycles. The van der Waals surface area contributed by atoms with E-state index in [0.717, 1.165) is 5.56 Å². The molecule has 0 saturated carbocycles. The van der Waals surface area contributed by atoms with Crippen molar-refractivity contribution in [2.45, 2.75) is 38.2 Å². The molecule has 2 rings (SSSR count). The second-order valence-corrected chi connectivity index (χ2v) is 6.46. The Kier molecular flexibility index (Phi) is 6.89. The van der Waals surface area contributed by atoms with E-state index >= 15 is 0 Å². The van der Waals surface area contributed by atoms with Crippen molar-refractivity contribution in [2.75, 3.05) is 11.9 Å². The van der Waals surface area contributed by atoms with E-state index < -0.39 is 23.9 Å². The third-order valence-electron chi connectivity index (χ3n) is 3.21. The number of carbonyl (C=O) groups is 2. The predicted molar refractivity (Wildman–Crippen MR) is 84.9 cm³/mol. The minimum Gasteiger partial charge on any atom is -0.475 e. The van der Waals surface area contributed by atoms with Crippen molar-refractivity contribution in [1.29, 1.82) is 0 Å². The molecule has 1 aromatic rings. The monoisotopic (exact) mass is 429 g/mol. The van der Waals surface area contributed by atoms with Crippen molar-refractivity contribution in [3.63, 3.8) is 0 Å². The molecule has 11 heteroatoms. The molecule has 1 fully saturated rings. The lowest BCUT2D eigenvalue weighted by atomic mass is 10.0. The molecule has 6 nitrogen and oxygen atoms in total. The first-order chi connectivity index (χ1) is 11.3. The molecule has 0 unspecified atom stereocenters. The first-order valence-corrected chi connectivity index (χ1v) is 7.77. The fourth-order valence-corrected chi connectivity index (χ4v) is 2.24. The number of aliphatic carboxylic acids is 1. The number of rotatable bonds is 2. The number of carboxylic acid groups (broad SMARTS) is 1. The Morgan fingerprint density at radius 3 is 2.44 bits per heavy atom. The second kappa shape index (κ2) is 8.09. The Morgan fingerprint density at radius 2 is 2.00 bits per heavy atom. The quantitative estimate of drug-likeness (QED) is 0.496. The van der Waals surface area contributed by atoms with Crippen LogP contribution in [0.5, 0.6) is 0 Å². The van der Waals surface area contributed by atoms with Crippen LogP contribution in [0.4, 0.5) is 23.4 Å². The Bertz CT molecular complexity index is 653. The maximum Gasteiger partial charge on any atom is 0.490 e. The van der Waals surface area contributed by atoms with Gasteiger partial charge < -0.3 is 15.7 Å². The normalized spacial score (nSPS) is 22.8. The van der Waals surface area contributed by atoms with Gasteiger partial charge in [-0.2, -0.15) is 13.2 Å². The van der Waals surface area contributed by atoms with Crippen LogP contribution in [0.25, 0.3) is 0 Å². The summed E-state index contributed by atoms with van der Waals surface area (Å²) in [5.74, 6) is -2.50. The van der Waals surface area contributed by atoms with Gasteiger partial charge in [0.1, 0.15) is 16.1 Å². The molecule has 0 radical (unpaired) electrons. The molecule has 140 valence electrons. The first-order valence-electron chi connectivity index (χ1n) is 6.98. The van der Waals surface area contributed by atoms with E-state index in [9.17, 15) is 22.4 Å². The second-order valence-electron chi connectivity index (χ2n) is 5.64. The van der Waals surface area contributed by atoms with E-state index in [0.29, 0.717) is 10.4 Å². The van der Waals surface area contributed by atoms with Crippen LogP contribution in [-0.2, 0) is 9.59 Å². The fourth-order valence-electron chi connectivity index (χ4n) is 1.93. The van der Waals surface area contributed by atoms with Gasteiger partial charge in [-0.1, -0.05) is 6.07 Å². The number of halogens is 5. The third-order valence-corrected chi connectivity index (χ3v) is 3.65. The van der Waals surface area contributed by atoms with Crippen molar-refractivity contribution in [3.05, 3.63) is 22.3 Å². The molecule has 1 saturated heterocycles. The molecule has 1 amide bonds. The highest BCUT2D eigenvalue weighted by atomic mass is 79.9. The molecule has 2 atom stereocenters. The predicted octanol–water partition coefficient (Wildman–Crippen LogP) is 2.81. The number of carbonyl (C=O) groups excluding carboxylic acids is 1. The molecule has 0 aliphatic carbocycles. The Balaban J connectivity index is 0.000000381. The average molecular weight is 430 g/mol. The molecule has 0 aromatic carbocycles. The van der Waals surface area contributed by atoms with Crippen LogP contribution in [-0.4, -0.2) is 46.4 Å². The maximum atomic E-state index is 13.6. The smallest absolute Gasteiger partial charge is 0.475 e. The average Bonchev–Trinajstić information content (AvgIpc) is 2.83. The molecule has 2 heterocycles. The summed E-state index contributed by atoms with van der Waals surface area (Å²) in [5, 5.41) is 12.7. The van der Waals surface area contributed by atoms with Crippen LogP contribution in [0.1, 0.15) is 18.9 Å². The molecular weight excluding hydrogens is 414 g/mol. The standard InChI is InChI=1S/C12H15BrFN3O.C2HF3O2/c1-7-3-4-9(13)16-10(7)17-11(18)8-5-12(2,14)6-15-8;3-2(4,5)1(6)7/h3-4,8,15H,5-6H2,1-2H3,(H,16,17,18);(H,6,7)/t8-,12+;/m0./s1. The van der Waals surface area contributed by atoms with Gasteiger partial charge in [-0.05, 0) is 41.4 Å². The van der Waals surface area contributed by atoms with Crippen LogP contribution in [0.3, 0.4) is 0 Å². The number of hydrogen-bond donors (Lipinski definition) is 3.